The number of carbonyl (C=O) groups excluding carboxylic acids is 1. The van der Waals surface area contributed by atoms with Gasteiger partial charge in [0.05, 0.1) is 13.2 Å². The van der Waals surface area contributed by atoms with Crippen LogP contribution in [0.3, 0.4) is 0 Å². The summed E-state index contributed by atoms with van der Waals surface area (Å²) in [5.74, 6) is 0.958. The topological polar surface area (TPSA) is 101 Å². The van der Waals surface area contributed by atoms with E-state index in [4.69, 9.17) is 9.47 Å². The van der Waals surface area contributed by atoms with E-state index in [1.807, 2.05) is 9.47 Å². The molecule has 10 heteroatoms. The molecule has 0 unspecified atom stereocenters. The summed E-state index contributed by atoms with van der Waals surface area (Å²) in [5.41, 5.74) is -0.0429. The van der Waals surface area contributed by atoms with Crippen LogP contribution < -0.4 is 16.0 Å². The second kappa shape index (κ2) is 7.81. The molecule has 4 heterocycles. The molecule has 3 aliphatic rings. The third-order valence-electron chi connectivity index (χ3n) is 6.73. The fourth-order valence-electron chi connectivity index (χ4n) is 4.42. The first-order valence-electron chi connectivity index (χ1n) is 11.1. The Labute approximate surface area is 179 Å². The van der Waals surface area contributed by atoms with E-state index < -0.39 is 5.69 Å². The van der Waals surface area contributed by atoms with Crippen molar-refractivity contribution in [2.75, 3.05) is 26.3 Å². The molecule has 0 radical (unpaired) electrons. The smallest absolute Gasteiger partial charge is 0.332 e. The van der Waals surface area contributed by atoms with Crippen LogP contribution in [-0.2, 0) is 30.2 Å². The highest BCUT2D eigenvalue weighted by Gasteiger charge is 2.35. The van der Waals surface area contributed by atoms with Crippen molar-refractivity contribution in [2.45, 2.75) is 44.8 Å². The second-order valence-electron chi connectivity index (χ2n) is 9.03. The van der Waals surface area contributed by atoms with Gasteiger partial charge in [0.2, 0.25) is 5.91 Å². The number of rotatable bonds is 6. The molecule has 0 bridgehead atoms. The maximum absolute atomic E-state index is 12.9. The number of amides is 1. The van der Waals surface area contributed by atoms with Gasteiger partial charge < -0.3 is 14.4 Å². The quantitative estimate of drug-likeness (QED) is 0.650. The molecular formula is C21H29N5O5. The van der Waals surface area contributed by atoms with Crippen LogP contribution in [0.1, 0.15) is 32.1 Å². The van der Waals surface area contributed by atoms with Gasteiger partial charge in [-0.25, -0.2) is 4.79 Å². The molecule has 0 aromatic carbocycles. The van der Waals surface area contributed by atoms with E-state index in [0.29, 0.717) is 42.7 Å². The zero-order chi connectivity index (χ0) is 21.7. The zero-order valence-electron chi connectivity index (χ0n) is 18.1. The third-order valence-corrected chi connectivity index (χ3v) is 6.73. The fraction of sp³-hybridized carbons (Fsp3) is 0.714. The van der Waals surface area contributed by atoms with E-state index in [1.54, 1.807) is 7.05 Å². The van der Waals surface area contributed by atoms with Gasteiger partial charge in [-0.15, -0.1) is 0 Å². The van der Waals surface area contributed by atoms with E-state index in [0.717, 1.165) is 49.9 Å². The monoisotopic (exact) mass is 431 g/mol. The molecule has 0 N–H and O–H groups in total. The molecule has 10 nitrogen and oxygen atoms in total. The van der Waals surface area contributed by atoms with E-state index in [9.17, 15) is 14.4 Å². The summed E-state index contributed by atoms with van der Waals surface area (Å²) in [4.78, 5) is 44.1. The van der Waals surface area contributed by atoms with Crippen LogP contribution in [-0.4, -0.2) is 61.9 Å². The fourth-order valence-corrected chi connectivity index (χ4v) is 4.42. The highest BCUT2D eigenvalue weighted by molar-refractivity contribution is 5.81. The van der Waals surface area contributed by atoms with Crippen LogP contribution >= 0.6 is 0 Å². The van der Waals surface area contributed by atoms with Crippen LogP contribution in [0.4, 0.5) is 0 Å². The molecule has 2 aromatic rings. The maximum Gasteiger partial charge on any atom is 0.332 e. The summed E-state index contributed by atoms with van der Waals surface area (Å²) in [7, 11) is 3.10. The number of nitrogens with zero attached hydrogens (tertiary/aromatic N) is 5. The molecule has 31 heavy (non-hydrogen) atoms. The number of hydrogen-bond donors (Lipinski definition) is 0. The van der Waals surface area contributed by atoms with Crippen molar-refractivity contribution < 1.29 is 14.3 Å². The third kappa shape index (κ3) is 3.66. The van der Waals surface area contributed by atoms with Crippen LogP contribution in [0.2, 0.25) is 0 Å². The molecule has 2 saturated heterocycles. The Morgan fingerprint density at radius 3 is 2.42 bits per heavy atom. The summed E-state index contributed by atoms with van der Waals surface area (Å²) in [6, 6.07) is 0.375. The molecule has 5 rings (SSSR count). The number of likely N-dealkylation sites (tertiary alicyclic amines) is 1. The average molecular weight is 431 g/mol. The minimum absolute atomic E-state index is 0.0771. The van der Waals surface area contributed by atoms with Crippen molar-refractivity contribution in [3.05, 3.63) is 20.8 Å². The Balaban J connectivity index is 1.41. The van der Waals surface area contributed by atoms with Crippen molar-refractivity contribution >= 4 is 17.1 Å². The van der Waals surface area contributed by atoms with Crippen LogP contribution in [0, 0.1) is 11.8 Å². The SMILES string of the molecule is Cn1c(=O)c2c(nc(OC3CCN(C(=O)C4CC4)CC3)n2CCC2COC2)n(C)c1=O. The largest absolute Gasteiger partial charge is 0.461 e. The number of ether oxygens (including phenoxy) is 2. The number of piperidine rings is 1. The van der Waals surface area contributed by atoms with Crippen molar-refractivity contribution in [3.63, 3.8) is 0 Å². The number of fused-ring (bicyclic) bond motifs is 1. The normalized spacial score (nSPS) is 20.3. The van der Waals surface area contributed by atoms with Gasteiger partial charge in [-0.1, -0.05) is 0 Å². The van der Waals surface area contributed by atoms with Gasteiger partial charge in [0, 0.05) is 58.4 Å². The summed E-state index contributed by atoms with van der Waals surface area (Å²) in [6.45, 7) is 3.39. The molecule has 168 valence electrons. The van der Waals surface area contributed by atoms with Crippen molar-refractivity contribution in [1.29, 1.82) is 0 Å². The van der Waals surface area contributed by atoms with Gasteiger partial charge in [0.25, 0.3) is 11.6 Å². The highest BCUT2D eigenvalue weighted by atomic mass is 16.5. The minimum Gasteiger partial charge on any atom is -0.461 e. The summed E-state index contributed by atoms with van der Waals surface area (Å²) < 4.78 is 15.9. The second-order valence-corrected chi connectivity index (χ2v) is 9.03. The molecule has 3 fully saturated rings. The van der Waals surface area contributed by atoms with Gasteiger partial charge in [-0.2, -0.15) is 4.98 Å². The van der Waals surface area contributed by atoms with Crippen molar-refractivity contribution in [2.24, 2.45) is 25.9 Å². The Kier molecular flexibility index (Phi) is 5.11. The first-order valence-corrected chi connectivity index (χ1v) is 11.1. The molecule has 1 amide bonds. The van der Waals surface area contributed by atoms with Gasteiger partial charge in [-0.3, -0.25) is 23.3 Å². The first kappa shape index (κ1) is 20.3. The number of aryl methyl sites for hydroxylation is 2. The van der Waals surface area contributed by atoms with E-state index in [-0.39, 0.29) is 23.5 Å². The Morgan fingerprint density at radius 2 is 1.81 bits per heavy atom. The zero-order valence-corrected chi connectivity index (χ0v) is 18.1. The van der Waals surface area contributed by atoms with Gasteiger partial charge in [0.1, 0.15) is 6.10 Å². The molecule has 2 aliphatic heterocycles. The average Bonchev–Trinajstić information content (AvgIpc) is 3.53. The van der Waals surface area contributed by atoms with E-state index in [2.05, 4.69) is 4.98 Å². The molecule has 0 spiro atoms. The predicted molar refractivity (Wildman–Crippen MR) is 112 cm³/mol. The molecule has 1 saturated carbocycles. The van der Waals surface area contributed by atoms with Gasteiger partial charge >= 0.3 is 5.69 Å². The van der Waals surface area contributed by atoms with E-state index in [1.165, 1.54) is 11.6 Å². The number of imidazole rings is 1. The lowest BCUT2D eigenvalue weighted by Crippen LogP contribution is -2.42. The van der Waals surface area contributed by atoms with Crippen LogP contribution in [0.5, 0.6) is 6.01 Å². The van der Waals surface area contributed by atoms with Crippen molar-refractivity contribution in [3.8, 4) is 6.01 Å². The van der Waals surface area contributed by atoms with Crippen LogP contribution in [0.25, 0.3) is 11.2 Å². The first-order chi connectivity index (χ1) is 14.9. The van der Waals surface area contributed by atoms with Crippen LogP contribution in [0.15, 0.2) is 9.59 Å². The van der Waals surface area contributed by atoms with Gasteiger partial charge in [-0.05, 0) is 19.3 Å². The predicted octanol–water partition coefficient (Wildman–Crippen LogP) is 0.250. The van der Waals surface area contributed by atoms with Crippen molar-refractivity contribution in [1.82, 2.24) is 23.6 Å². The molecule has 2 aromatic heterocycles. The maximum atomic E-state index is 12.9. The van der Waals surface area contributed by atoms with Gasteiger partial charge in [0.15, 0.2) is 11.2 Å². The summed E-state index contributed by atoms with van der Waals surface area (Å²) >= 11 is 0. The molecule has 0 atom stereocenters. The number of hydrogen-bond acceptors (Lipinski definition) is 6. The minimum atomic E-state index is -0.409. The lowest BCUT2D eigenvalue weighted by atomic mass is 10.0. The molecule has 1 aliphatic carbocycles. The Bertz CT molecular complexity index is 1120. The standard InChI is InChI=1S/C21H29N5O5/c1-23-17-16(19(28)24(2)21(23)29)26(10-5-13-11-30-12-13)20(22-17)31-15-6-8-25(9-7-15)18(27)14-3-4-14/h13-15H,3-12H2,1-2H3. The highest BCUT2D eigenvalue weighted by Crippen LogP contribution is 2.32. The lowest BCUT2D eigenvalue weighted by molar-refractivity contribution is -0.134. The number of carbonyl (C=O) groups is 1. The lowest BCUT2D eigenvalue weighted by Gasteiger charge is -2.32. The Morgan fingerprint density at radius 1 is 1.10 bits per heavy atom. The summed E-state index contributed by atoms with van der Waals surface area (Å²) in [6.07, 6.45) is 4.26. The summed E-state index contributed by atoms with van der Waals surface area (Å²) in [5, 5.41) is 0. The number of aromatic nitrogens is 4. The Hall–Kier alpha value is -2.62. The molecular weight excluding hydrogens is 402 g/mol. The van der Waals surface area contributed by atoms with E-state index >= 15 is 0 Å².